The van der Waals surface area contributed by atoms with Crippen molar-refractivity contribution in [3.05, 3.63) is 65.2 Å². The molecule has 1 aliphatic rings. The van der Waals surface area contributed by atoms with Crippen LogP contribution >= 0.6 is 0 Å². The summed E-state index contributed by atoms with van der Waals surface area (Å²) in [5.74, 6) is -0.115. The lowest BCUT2D eigenvalue weighted by atomic mass is 9.95. The molecule has 2 aromatic rings. The Balaban J connectivity index is 1.97. The standard InChI is InChI=1S/C27H33NO5/c1-4-6-8-17-33-21-14-12-19(13-15-21)25(29)23-24(20-10-9-11-22(18-20)32-3)28(16-7-5-2)27(31)26(23)30/h9-15,18,24,29H,4-8,16-17H2,1-3H3/b25-23-. The molecular formula is C27H33NO5. The molecular weight excluding hydrogens is 418 g/mol. The third-order valence-corrected chi connectivity index (χ3v) is 5.85. The molecule has 1 fully saturated rings. The van der Waals surface area contributed by atoms with E-state index in [1.165, 1.54) is 0 Å². The predicted octanol–water partition coefficient (Wildman–Crippen LogP) is 5.49. The molecule has 1 aliphatic heterocycles. The van der Waals surface area contributed by atoms with Gasteiger partial charge in [0.1, 0.15) is 17.3 Å². The van der Waals surface area contributed by atoms with Gasteiger partial charge in [-0.3, -0.25) is 9.59 Å². The van der Waals surface area contributed by atoms with Crippen molar-refractivity contribution in [3.8, 4) is 11.5 Å². The first-order valence-corrected chi connectivity index (χ1v) is 11.7. The Morgan fingerprint density at radius 1 is 0.970 bits per heavy atom. The van der Waals surface area contributed by atoms with Gasteiger partial charge in [0.05, 0.1) is 25.3 Å². The molecule has 2 aromatic carbocycles. The molecule has 1 unspecified atom stereocenters. The number of hydrogen-bond acceptors (Lipinski definition) is 5. The van der Waals surface area contributed by atoms with Gasteiger partial charge in [-0.1, -0.05) is 45.2 Å². The van der Waals surface area contributed by atoms with Crippen LogP contribution in [0.1, 0.15) is 63.1 Å². The topological polar surface area (TPSA) is 76.1 Å². The average molecular weight is 452 g/mol. The Labute approximate surface area is 195 Å². The van der Waals surface area contributed by atoms with Crippen molar-refractivity contribution < 1.29 is 24.2 Å². The molecule has 1 amide bonds. The summed E-state index contributed by atoms with van der Waals surface area (Å²) in [6.45, 7) is 5.24. The van der Waals surface area contributed by atoms with Gasteiger partial charge >= 0.3 is 0 Å². The summed E-state index contributed by atoms with van der Waals surface area (Å²) in [6, 6.07) is 13.6. The van der Waals surface area contributed by atoms with E-state index in [1.54, 1.807) is 48.4 Å². The van der Waals surface area contributed by atoms with E-state index in [0.29, 0.717) is 30.2 Å². The molecule has 1 N–H and O–H groups in total. The summed E-state index contributed by atoms with van der Waals surface area (Å²) in [6.07, 6.45) is 4.87. The number of rotatable bonds is 11. The summed E-state index contributed by atoms with van der Waals surface area (Å²) in [5, 5.41) is 11.2. The van der Waals surface area contributed by atoms with Gasteiger partial charge in [0.15, 0.2) is 0 Å². The van der Waals surface area contributed by atoms with Crippen LogP contribution in [-0.2, 0) is 9.59 Å². The maximum atomic E-state index is 13.0. The smallest absolute Gasteiger partial charge is 0.295 e. The van der Waals surface area contributed by atoms with E-state index in [4.69, 9.17) is 9.47 Å². The summed E-state index contributed by atoms with van der Waals surface area (Å²) >= 11 is 0. The maximum Gasteiger partial charge on any atom is 0.295 e. The molecule has 0 saturated carbocycles. The number of hydrogen-bond donors (Lipinski definition) is 1. The van der Waals surface area contributed by atoms with Gasteiger partial charge in [0.25, 0.3) is 11.7 Å². The fraction of sp³-hybridized carbons (Fsp3) is 0.407. The number of ether oxygens (including phenoxy) is 2. The summed E-state index contributed by atoms with van der Waals surface area (Å²) in [7, 11) is 1.57. The number of amides is 1. The van der Waals surface area contributed by atoms with E-state index >= 15 is 0 Å². The second kappa shape index (κ2) is 11.5. The molecule has 0 bridgehead atoms. The molecule has 6 heteroatoms. The Morgan fingerprint density at radius 2 is 1.70 bits per heavy atom. The Kier molecular flexibility index (Phi) is 8.52. The second-order valence-corrected chi connectivity index (χ2v) is 8.20. The number of methoxy groups -OCH3 is 1. The largest absolute Gasteiger partial charge is 0.507 e. The number of nitrogens with zero attached hydrogens (tertiary/aromatic N) is 1. The van der Waals surface area contributed by atoms with Crippen LogP contribution < -0.4 is 9.47 Å². The fourth-order valence-corrected chi connectivity index (χ4v) is 4.00. The van der Waals surface area contributed by atoms with Crippen LogP contribution in [0.4, 0.5) is 0 Å². The molecule has 1 atom stereocenters. The van der Waals surface area contributed by atoms with Crippen molar-refractivity contribution in [1.29, 1.82) is 0 Å². The molecule has 3 rings (SSSR count). The van der Waals surface area contributed by atoms with E-state index < -0.39 is 17.7 Å². The molecule has 1 saturated heterocycles. The number of unbranched alkanes of at least 4 members (excludes halogenated alkanes) is 3. The molecule has 0 radical (unpaired) electrons. The predicted molar refractivity (Wildman–Crippen MR) is 128 cm³/mol. The van der Waals surface area contributed by atoms with Gasteiger partial charge in [-0.15, -0.1) is 0 Å². The number of carbonyl (C=O) groups excluding carboxylic acids is 2. The minimum absolute atomic E-state index is 0.0981. The second-order valence-electron chi connectivity index (χ2n) is 8.20. The highest BCUT2D eigenvalue weighted by molar-refractivity contribution is 6.46. The first-order valence-electron chi connectivity index (χ1n) is 11.7. The van der Waals surface area contributed by atoms with E-state index in [0.717, 1.165) is 37.7 Å². The zero-order valence-electron chi connectivity index (χ0n) is 19.7. The third kappa shape index (κ3) is 5.56. The molecule has 0 aliphatic carbocycles. The van der Waals surface area contributed by atoms with Crippen molar-refractivity contribution in [2.24, 2.45) is 0 Å². The number of aliphatic hydroxyl groups is 1. The monoisotopic (exact) mass is 451 g/mol. The third-order valence-electron chi connectivity index (χ3n) is 5.85. The van der Waals surface area contributed by atoms with Crippen LogP contribution in [0.15, 0.2) is 54.1 Å². The van der Waals surface area contributed by atoms with Crippen LogP contribution in [0, 0.1) is 0 Å². The number of Topliss-reactive ketones (excluding diaryl/α,β-unsaturated/α-hetero) is 1. The van der Waals surface area contributed by atoms with Gasteiger partial charge < -0.3 is 19.5 Å². The Morgan fingerprint density at radius 3 is 2.36 bits per heavy atom. The molecule has 0 spiro atoms. The molecule has 6 nitrogen and oxygen atoms in total. The molecule has 0 aromatic heterocycles. The summed E-state index contributed by atoms with van der Waals surface area (Å²) in [4.78, 5) is 27.5. The van der Waals surface area contributed by atoms with E-state index in [9.17, 15) is 14.7 Å². The highest BCUT2D eigenvalue weighted by Crippen LogP contribution is 2.40. The normalized spacial score (nSPS) is 17.4. The SMILES string of the molecule is CCCCCOc1ccc(/C(O)=C2/C(=O)C(=O)N(CCCC)C2c2cccc(OC)c2)cc1. The number of aliphatic hydroxyl groups excluding tert-OH is 1. The Bertz CT molecular complexity index is 996. The highest BCUT2D eigenvalue weighted by atomic mass is 16.5. The lowest BCUT2D eigenvalue weighted by molar-refractivity contribution is -0.139. The minimum atomic E-state index is -0.670. The summed E-state index contributed by atoms with van der Waals surface area (Å²) in [5.41, 5.74) is 1.29. The van der Waals surface area contributed by atoms with Gasteiger partial charge in [0, 0.05) is 12.1 Å². The number of carbonyl (C=O) groups is 2. The zero-order chi connectivity index (χ0) is 23.8. The van der Waals surface area contributed by atoms with Crippen LogP contribution in [0.25, 0.3) is 5.76 Å². The highest BCUT2D eigenvalue weighted by Gasteiger charge is 2.45. The fourth-order valence-electron chi connectivity index (χ4n) is 4.00. The van der Waals surface area contributed by atoms with Crippen molar-refractivity contribution >= 4 is 17.4 Å². The number of likely N-dealkylation sites (tertiary alicyclic amines) is 1. The summed E-state index contributed by atoms with van der Waals surface area (Å²) < 4.78 is 11.1. The maximum absolute atomic E-state index is 13.0. The lowest BCUT2D eigenvalue weighted by Gasteiger charge is -2.25. The molecule has 33 heavy (non-hydrogen) atoms. The van der Waals surface area contributed by atoms with E-state index in [2.05, 4.69) is 6.92 Å². The van der Waals surface area contributed by atoms with Crippen molar-refractivity contribution in [3.63, 3.8) is 0 Å². The molecule has 1 heterocycles. The van der Waals surface area contributed by atoms with E-state index in [1.807, 2.05) is 19.1 Å². The van der Waals surface area contributed by atoms with Gasteiger partial charge in [-0.05, 0) is 54.8 Å². The van der Waals surface area contributed by atoms with Crippen LogP contribution in [0.2, 0.25) is 0 Å². The quantitative estimate of drug-likeness (QED) is 0.212. The van der Waals surface area contributed by atoms with Crippen molar-refractivity contribution in [2.75, 3.05) is 20.3 Å². The zero-order valence-corrected chi connectivity index (χ0v) is 19.7. The number of benzene rings is 2. The van der Waals surface area contributed by atoms with Gasteiger partial charge in [-0.25, -0.2) is 0 Å². The lowest BCUT2D eigenvalue weighted by Crippen LogP contribution is -2.30. The van der Waals surface area contributed by atoms with Crippen molar-refractivity contribution in [1.82, 2.24) is 4.90 Å². The average Bonchev–Trinajstić information content (AvgIpc) is 3.10. The van der Waals surface area contributed by atoms with Crippen LogP contribution in [-0.4, -0.2) is 42.0 Å². The minimum Gasteiger partial charge on any atom is -0.507 e. The first kappa shape index (κ1) is 24.4. The first-order chi connectivity index (χ1) is 16.0. The Hall–Kier alpha value is -3.28. The number of ketones is 1. The van der Waals surface area contributed by atoms with E-state index in [-0.39, 0.29) is 11.3 Å². The van der Waals surface area contributed by atoms with Crippen LogP contribution in [0.5, 0.6) is 11.5 Å². The van der Waals surface area contributed by atoms with Crippen LogP contribution in [0.3, 0.4) is 0 Å². The van der Waals surface area contributed by atoms with Gasteiger partial charge in [0.2, 0.25) is 0 Å². The van der Waals surface area contributed by atoms with Crippen molar-refractivity contribution in [2.45, 2.75) is 52.0 Å². The molecule has 176 valence electrons. The van der Waals surface area contributed by atoms with Gasteiger partial charge in [-0.2, -0.15) is 0 Å².